The number of hydrogen-bond acceptors (Lipinski definition) is 5. The van der Waals surface area contributed by atoms with E-state index in [1.54, 1.807) is 13.3 Å². The fourth-order valence-electron chi connectivity index (χ4n) is 2.68. The van der Waals surface area contributed by atoms with E-state index in [1.807, 2.05) is 6.20 Å². The quantitative estimate of drug-likeness (QED) is 0.873. The van der Waals surface area contributed by atoms with Crippen molar-refractivity contribution in [1.29, 1.82) is 0 Å². The van der Waals surface area contributed by atoms with Crippen LogP contribution in [0.4, 0.5) is 5.82 Å². The minimum atomic E-state index is 0.538. The summed E-state index contributed by atoms with van der Waals surface area (Å²) in [7, 11) is 1.64. The predicted molar refractivity (Wildman–Crippen MR) is 74.6 cm³/mol. The van der Waals surface area contributed by atoms with Crippen LogP contribution in [0, 0.1) is 0 Å². The Morgan fingerprint density at radius 2 is 2.21 bits per heavy atom. The maximum absolute atomic E-state index is 5.17. The first kappa shape index (κ1) is 12.7. The summed E-state index contributed by atoms with van der Waals surface area (Å²) in [5.74, 6) is 1.54. The zero-order valence-corrected chi connectivity index (χ0v) is 11.5. The predicted octanol–water partition coefficient (Wildman–Crippen LogP) is 1.60. The van der Waals surface area contributed by atoms with Gasteiger partial charge in [-0.2, -0.15) is 4.98 Å². The number of piperidine rings is 1. The van der Waals surface area contributed by atoms with Crippen LogP contribution in [0.25, 0.3) is 0 Å². The third-order valence-electron chi connectivity index (χ3n) is 3.95. The fraction of sp³-hybridized carbons (Fsp3) is 0.714. The molecule has 104 valence electrons. The second-order valence-corrected chi connectivity index (χ2v) is 5.45. The van der Waals surface area contributed by atoms with Crippen LogP contribution in [0.5, 0.6) is 5.88 Å². The summed E-state index contributed by atoms with van der Waals surface area (Å²) in [4.78, 5) is 11.1. The molecular formula is C14H22N4O. The summed E-state index contributed by atoms with van der Waals surface area (Å²) >= 11 is 0. The number of nitrogens with zero attached hydrogens (tertiary/aromatic N) is 3. The van der Waals surface area contributed by atoms with Crippen molar-refractivity contribution in [2.45, 2.75) is 44.2 Å². The van der Waals surface area contributed by atoms with Crippen LogP contribution in [-0.4, -0.2) is 42.3 Å². The molecule has 2 fully saturated rings. The van der Waals surface area contributed by atoms with E-state index in [0.29, 0.717) is 11.9 Å². The largest absolute Gasteiger partial charge is 0.480 e. The lowest BCUT2D eigenvalue weighted by Gasteiger charge is -2.36. The molecule has 1 atom stereocenters. The maximum atomic E-state index is 5.17. The maximum Gasteiger partial charge on any atom is 0.233 e. The summed E-state index contributed by atoms with van der Waals surface area (Å²) in [5, 5.41) is 3.63. The third kappa shape index (κ3) is 3.15. The molecule has 1 N–H and O–H groups in total. The highest BCUT2D eigenvalue weighted by Gasteiger charge is 2.27. The zero-order chi connectivity index (χ0) is 13.1. The Hall–Kier alpha value is -1.36. The second kappa shape index (κ2) is 5.74. The van der Waals surface area contributed by atoms with E-state index in [0.717, 1.165) is 24.9 Å². The molecule has 0 aromatic carbocycles. The Bertz CT molecular complexity index is 422. The molecule has 1 aliphatic heterocycles. The molecule has 0 radical (unpaired) electrons. The standard InChI is InChI=1S/C14H22N4O/c1-19-14-10-15-9-13(17-14)18-7-3-2-4-12(18)8-16-11-5-6-11/h9-12,16H,2-8H2,1H3. The molecule has 0 amide bonds. The van der Waals surface area contributed by atoms with E-state index in [2.05, 4.69) is 20.2 Å². The normalized spacial score (nSPS) is 23.4. The molecule has 0 bridgehead atoms. The van der Waals surface area contributed by atoms with E-state index in [9.17, 15) is 0 Å². The average Bonchev–Trinajstić information content (AvgIpc) is 3.30. The highest BCUT2D eigenvalue weighted by molar-refractivity contribution is 5.39. The molecule has 3 rings (SSSR count). The van der Waals surface area contributed by atoms with Gasteiger partial charge in [-0.3, -0.25) is 4.98 Å². The highest BCUT2D eigenvalue weighted by atomic mass is 16.5. The van der Waals surface area contributed by atoms with Crippen molar-refractivity contribution in [3.05, 3.63) is 12.4 Å². The van der Waals surface area contributed by atoms with Gasteiger partial charge < -0.3 is 15.0 Å². The Morgan fingerprint density at radius 3 is 3.00 bits per heavy atom. The van der Waals surface area contributed by atoms with E-state index < -0.39 is 0 Å². The summed E-state index contributed by atoms with van der Waals surface area (Å²) in [6, 6.07) is 1.30. The number of nitrogens with one attached hydrogen (secondary N) is 1. The second-order valence-electron chi connectivity index (χ2n) is 5.45. The highest BCUT2D eigenvalue weighted by Crippen LogP contribution is 2.25. The van der Waals surface area contributed by atoms with Crippen LogP contribution in [0.1, 0.15) is 32.1 Å². The van der Waals surface area contributed by atoms with Gasteiger partial charge in [-0.15, -0.1) is 0 Å². The lowest BCUT2D eigenvalue weighted by Crippen LogP contribution is -2.46. The zero-order valence-electron chi connectivity index (χ0n) is 11.5. The average molecular weight is 262 g/mol. The molecule has 5 nitrogen and oxygen atoms in total. The van der Waals surface area contributed by atoms with Gasteiger partial charge in [0.1, 0.15) is 0 Å². The molecule has 1 aliphatic carbocycles. The van der Waals surface area contributed by atoms with Crippen LogP contribution >= 0.6 is 0 Å². The smallest absolute Gasteiger partial charge is 0.233 e. The number of ether oxygens (including phenoxy) is 1. The Labute approximate surface area is 114 Å². The lowest BCUT2D eigenvalue weighted by molar-refractivity contribution is 0.391. The van der Waals surface area contributed by atoms with Crippen molar-refractivity contribution in [2.75, 3.05) is 25.1 Å². The molecule has 19 heavy (non-hydrogen) atoms. The van der Waals surface area contributed by atoms with Crippen molar-refractivity contribution >= 4 is 5.82 Å². The summed E-state index contributed by atoms with van der Waals surface area (Å²) in [5.41, 5.74) is 0. The van der Waals surface area contributed by atoms with Crippen LogP contribution in [-0.2, 0) is 0 Å². The van der Waals surface area contributed by atoms with Crippen LogP contribution < -0.4 is 15.0 Å². The van der Waals surface area contributed by atoms with E-state index >= 15 is 0 Å². The van der Waals surface area contributed by atoms with Gasteiger partial charge in [0.05, 0.1) is 19.5 Å². The number of aromatic nitrogens is 2. The van der Waals surface area contributed by atoms with Gasteiger partial charge in [0, 0.05) is 25.2 Å². The van der Waals surface area contributed by atoms with Crippen LogP contribution in [0.3, 0.4) is 0 Å². The number of methoxy groups -OCH3 is 1. The summed E-state index contributed by atoms with van der Waals surface area (Å²) in [6.45, 7) is 2.13. The van der Waals surface area contributed by atoms with Gasteiger partial charge >= 0.3 is 0 Å². The Balaban J connectivity index is 1.70. The van der Waals surface area contributed by atoms with Gasteiger partial charge in [-0.05, 0) is 32.1 Å². The number of hydrogen-bond donors (Lipinski definition) is 1. The fourth-order valence-corrected chi connectivity index (χ4v) is 2.68. The third-order valence-corrected chi connectivity index (χ3v) is 3.95. The molecule has 1 saturated carbocycles. The molecule has 2 heterocycles. The number of anilines is 1. The topological polar surface area (TPSA) is 50.3 Å². The molecule has 1 aromatic rings. The van der Waals surface area contributed by atoms with Crippen LogP contribution in [0.2, 0.25) is 0 Å². The van der Waals surface area contributed by atoms with E-state index in [4.69, 9.17) is 4.74 Å². The van der Waals surface area contributed by atoms with Gasteiger partial charge in [0.15, 0.2) is 5.82 Å². The van der Waals surface area contributed by atoms with Crippen molar-refractivity contribution in [1.82, 2.24) is 15.3 Å². The van der Waals surface area contributed by atoms with E-state index in [1.165, 1.54) is 32.1 Å². The Morgan fingerprint density at radius 1 is 1.32 bits per heavy atom. The lowest BCUT2D eigenvalue weighted by atomic mass is 10.0. The molecule has 1 aromatic heterocycles. The van der Waals surface area contributed by atoms with Crippen molar-refractivity contribution in [3.8, 4) is 5.88 Å². The minimum absolute atomic E-state index is 0.538. The summed E-state index contributed by atoms with van der Waals surface area (Å²) < 4.78 is 5.17. The van der Waals surface area contributed by atoms with Gasteiger partial charge in [0.25, 0.3) is 0 Å². The van der Waals surface area contributed by atoms with Crippen molar-refractivity contribution in [3.63, 3.8) is 0 Å². The van der Waals surface area contributed by atoms with Crippen molar-refractivity contribution in [2.24, 2.45) is 0 Å². The molecule has 0 spiro atoms. The molecule has 1 unspecified atom stereocenters. The molecule has 1 saturated heterocycles. The summed E-state index contributed by atoms with van der Waals surface area (Å²) in [6.07, 6.45) is 9.96. The van der Waals surface area contributed by atoms with Crippen molar-refractivity contribution < 1.29 is 4.74 Å². The Kier molecular flexibility index (Phi) is 3.82. The first-order valence-corrected chi connectivity index (χ1v) is 7.23. The number of rotatable bonds is 5. The first-order valence-electron chi connectivity index (χ1n) is 7.23. The van der Waals surface area contributed by atoms with E-state index in [-0.39, 0.29) is 0 Å². The minimum Gasteiger partial charge on any atom is -0.480 e. The monoisotopic (exact) mass is 262 g/mol. The van der Waals surface area contributed by atoms with Gasteiger partial charge in [-0.25, -0.2) is 0 Å². The van der Waals surface area contributed by atoms with Crippen LogP contribution in [0.15, 0.2) is 12.4 Å². The van der Waals surface area contributed by atoms with Gasteiger partial charge in [0.2, 0.25) is 5.88 Å². The SMILES string of the molecule is COc1cncc(N2CCCCC2CNC2CC2)n1. The molecule has 2 aliphatic rings. The first-order chi connectivity index (χ1) is 9.36. The molecule has 5 heteroatoms. The van der Waals surface area contributed by atoms with Gasteiger partial charge in [-0.1, -0.05) is 0 Å². The molecular weight excluding hydrogens is 240 g/mol.